The Balaban J connectivity index is 1.82. The summed E-state index contributed by atoms with van der Waals surface area (Å²) in [5, 5.41) is 4.44. The van der Waals surface area contributed by atoms with E-state index in [1.54, 1.807) is 12.5 Å². The molecule has 0 spiro atoms. The van der Waals surface area contributed by atoms with Crippen LogP contribution in [-0.4, -0.2) is 4.98 Å². The monoisotopic (exact) mass is 253 g/mol. The van der Waals surface area contributed by atoms with E-state index in [9.17, 15) is 0 Å². The fourth-order valence-corrected chi connectivity index (χ4v) is 2.13. The number of hydrogen-bond donors (Lipinski definition) is 2. The lowest BCUT2D eigenvalue weighted by molar-refractivity contribution is 0.611. The summed E-state index contributed by atoms with van der Waals surface area (Å²) >= 11 is 0. The zero-order valence-corrected chi connectivity index (χ0v) is 10.7. The van der Waals surface area contributed by atoms with Gasteiger partial charge in [-0.15, -0.1) is 0 Å². The van der Waals surface area contributed by atoms with Gasteiger partial charge in [0.15, 0.2) is 0 Å². The van der Waals surface area contributed by atoms with Crippen molar-refractivity contribution in [1.29, 1.82) is 0 Å². The van der Waals surface area contributed by atoms with Crippen molar-refractivity contribution in [2.75, 3.05) is 11.1 Å². The van der Waals surface area contributed by atoms with E-state index in [0.29, 0.717) is 12.2 Å². The lowest BCUT2D eigenvalue weighted by Crippen LogP contribution is -2.03. The van der Waals surface area contributed by atoms with Gasteiger partial charge in [0, 0.05) is 17.5 Å². The van der Waals surface area contributed by atoms with E-state index in [-0.39, 0.29) is 0 Å². The number of nitrogens with zero attached hydrogens (tertiary/aromatic N) is 1. The van der Waals surface area contributed by atoms with Gasteiger partial charge >= 0.3 is 0 Å². The van der Waals surface area contributed by atoms with E-state index >= 15 is 0 Å². The number of furan rings is 1. The van der Waals surface area contributed by atoms with Crippen LogP contribution in [0, 0.1) is 6.92 Å². The standard InChI is InChI=1S/C15H15N3O/c1-10-6-12(16)8-18-15(10)17-7-11-9-19-14-5-3-2-4-13(11)14/h2-6,8-9H,7,16H2,1H3,(H,17,18). The number of rotatable bonds is 3. The number of nitrogens with one attached hydrogen (secondary N) is 1. The summed E-state index contributed by atoms with van der Waals surface area (Å²) in [6.45, 7) is 2.66. The summed E-state index contributed by atoms with van der Waals surface area (Å²) < 4.78 is 5.51. The highest BCUT2D eigenvalue weighted by atomic mass is 16.3. The SMILES string of the molecule is Cc1cc(N)cnc1NCc1coc2ccccc12. The van der Waals surface area contributed by atoms with E-state index in [2.05, 4.69) is 16.4 Å². The van der Waals surface area contributed by atoms with Gasteiger partial charge in [-0.25, -0.2) is 4.98 Å². The highest BCUT2D eigenvalue weighted by Gasteiger charge is 2.06. The van der Waals surface area contributed by atoms with Crippen molar-refractivity contribution in [1.82, 2.24) is 4.98 Å². The highest BCUT2D eigenvalue weighted by Crippen LogP contribution is 2.22. The molecule has 2 heterocycles. The molecule has 1 aromatic carbocycles. The maximum atomic E-state index is 5.69. The molecule has 0 bridgehead atoms. The maximum absolute atomic E-state index is 5.69. The van der Waals surface area contributed by atoms with Crippen molar-refractivity contribution < 1.29 is 4.42 Å². The Morgan fingerprint density at radius 2 is 2.16 bits per heavy atom. The van der Waals surface area contributed by atoms with Gasteiger partial charge in [0.2, 0.25) is 0 Å². The first kappa shape index (κ1) is 11.6. The molecule has 19 heavy (non-hydrogen) atoms. The summed E-state index contributed by atoms with van der Waals surface area (Å²) in [6.07, 6.45) is 3.44. The average Bonchev–Trinajstić information content (AvgIpc) is 2.81. The minimum absolute atomic E-state index is 0.675. The molecular formula is C15H15N3O. The number of fused-ring (bicyclic) bond motifs is 1. The van der Waals surface area contributed by atoms with E-state index in [0.717, 1.165) is 27.9 Å². The molecule has 0 aliphatic carbocycles. The first-order chi connectivity index (χ1) is 9.24. The zero-order chi connectivity index (χ0) is 13.2. The van der Waals surface area contributed by atoms with Crippen molar-refractivity contribution in [3.05, 3.63) is 53.9 Å². The van der Waals surface area contributed by atoms with Crippen LogP contribution in [0.1, 0.15) is 11.1 Å². The molecule has 0 atom stereocenters. The summed E-state index contributed by atoms with van der Waals surface area (Å²) in [5.41, 5.74) is 9.42. The summed E-state index contributed by atoms with van der Waals surface area (Å²) in [7, 11) is 0. The van der Waals surface area contributed by atoms with Crippen LogP contribution in [0.3, 0.4) is 0 Å². The first-order valence-corrected chi connectivity index (χ1v) is 6.15. The van der Waals surface area contributed by atoms with Crippen LogP contribution in [0.2, 0.25) is 0 Å². The molecular weight excluding hydrogens is 238 g/mol. The normalized spacial score (nSPS) is 10.8. The number of benzene rings is 1. The fourth-order valence-electron chi connectivity index (χ4n) is 2.13. The second-order valence-electron chi connectivity index (χ2n) is 4.54. The van der Waals surface area contributed by atoms with Gasteiger partial charge < -0.3 is 15.5 Å². The molecule has 3 rings (SSSR count). The topological polar surface area (TPSA) is 64.1 Å². The maximum Gasteiger partial charge on any atom is 0.134 e. The summed E-state index contributed by atoms with van der Waals surface area (Å²) in [6, 6.07) is 9.90. The molecule has 0 saturated carbocycles. The van der Waals surface area contributed by atoms with Gasteiger partial charge in [0.1, 0.15) is 11.4 Å². The summed E-state index contributed by atoms with van der Waals surface area (Å²) in [4.78, 5) is 4.29. The van der Waals surface area contributed by atoms with Crippen LogP contribution in [0.15, 0.2) is 47.2 Å². The second kappa shape index (κ2) is 4.65. The molecule has 3 aromatic rings. The van der Waals surface area contributed by atoms with Gasteiger partial charge in [-0.3, -0.25) is 0 Å². The Morgan fingerprint density at radius 1 is 1.32 bits per heavy atom. The molecule has 4 nitrogen and oxygen atoms in total. The van der Waals surface area contributed by atoms with Crippen LogP contribution in [0.25, 0.3) is 11.0 Å². The third kappa shape index (κ3) is 2.25. The van der Waals surface area contributed by atoms with Gasteiger partial charge in [-0.1, -0.05) is 18.2 Å². The van der Waals surface area contributed by atoms with Gasteiger partial charge in [0.25, 0.3) is 0 Å². The van der Waals surface area contributed by atoms with Crippen LogP contribution < -0.4 is 11.1 Å². The van der Waals surface area contributed by atoms with Crippen molar-refractivity contribution in [3.8, 4) is 0 Å². The molecule has 3 N–H and O–H groups in total. The van der Waals surface area contributed by atoms with Crippen molar-refractivity contribution in [3.63, 3.8) is 0 Å². The smallest absolute Gasteiger partial charge is 0.134 e. The van der Waals surface area contributed by atoms with E-state index in [1.165, 1.54) is 0 Å². The Hall–Kier alpha value is -2.49. The quantitative estimate of drug-likeness (QED) is 0.751. The van der Waals surface area contributed by atoms with Crippen LogP contribution in [0.5, 0.6) is 0 Å². The number of anilines is 2. The minimum atomic E-state index is 0.675. The zero-order valence-electron chi connectivity index (χ0n) is 10.7. The second-order valence-corrected chi connectivity index (χ2v) is 4.54. The Morgan fingerprint density at radius 3 is 3.00 bits per heavy atom. The van der Waals surface area contributed by atoms with E-state index < -0.39 is 0 Å². The lowest BCUT2D eigenvalue weighted by Gasteiger charge is -2.08. The largest absolute Gasteiger partial charge is 0.464 e. The molecule has 0 fully saturated rings. The number of aromatic nitrogens is 1. The van der Waals surface area contributed by atoms with Crippen molar-refractivity contribution >= 4 is 22.5 Å². The number of pyridine rings is 1. The number of para-hydroxylation sites is 1. The van der Waals surface area contributed by atoms with Gasteiger partial charge in [0.05, 0.1) is 18.1 Å². The predicted molar refractivity (Wildman–Crippen MR) is 76.9 cm³/mol. The van der Waals surface area contributed by atoms with E-state index in [4.69, 9.17) is 10.2 Å². The Labute approximate surface area is 111 Å². The van der Waals surface area contributed by atoms with Crippen molar-refractivity contribution in [2.24, 2.45) is 0 Å². The third-order valence-electron chi connectivity index (χ3n) is 3.11. The van der Waals surface area contributed by atoms with Gasteiger partial charge in [-0.2, -0.15) is 0 Å². The molecule has 96 valence electrons. The molecule has 4 heteroatoms. The van der Waals surface area contributed by atoms with E-state index in [1.807, 2.05) is 31.2 Å². The van der Waals surface area contributed by atoms with Crippen LogP contribution in [-0.2, 0) is 6.54 Å². The lowest BCUT2D eigenvalue weighted by atomic mass is 10.2. The van der Waals surface area contributed by atoms with Crippen LogP contribution >= 0.6 is 0 Å². The van der Waals surface area contributed by atoms with Gasteiger partial charge in [-0.05, 0) is 24.6 Å². The molecule has 0 aliphatic rings. The Kier molecular flexibility index (Phi) is 2.83. The number of nitrogen functional groups attached to an aromatic ring is 1. The molecule has 0 saturated heterocycles. The molecule has 0 unspecified atom stereocenters. The minimum Gasteiger partial charge on any atom is -0.464 e. The highest BCUT2D eigenvalue weighted by molar-refractivity contribution is 5.81. The Bertz CT molecular complexity index is 718. The summed E-state index contributed by atoms with van der Waals surface area (Å²) in [5.74, 6) is 0.847. The molecule has 0 radical (unpaired) electrons. The van der Waals surface area contributed by atoms with Crippen molar-refractivity contribution in [2.45, 2.75) is 13.5 Å². The third-order valence-corrected chi connectivity index (χ3v) is 3.11. The number of nitrogens with two attached hydrogens (primary N) is 1. The first-order valence-electron chi connectivity index (χ1n) is 6.15. The molecule has 0 aliphatic heterocycles. The number of hydrogen-bond acceptors (Lipinski definition) is 4. The predicted octanol–water partition coefficient (Wildman–Crippen LogP) is 3.33. The average molecular weight is 253 g/mol. The fraction of sp³-hybridized carbons (Fsp3) is 0.133. The molecule has 2 aromatic heterocycles. The van der Waals surface area contributed by atoms with Crippen LogP contribution in [0.4, 0.5) is 11.5 Å². The number of aryl methyl sites for hydroxylation is 1. The molecule has 0 amide bonds.